The number of anilines is 3. The van der Waals surface area contributed by atoms with E-state index in [-0.39, 0.29) is 5.41 Å². The molecule has 9 aromatic carbocycles. The van der Waals surface area contributed by atoms with Crippen molar-refractivity contribution >= 4 is 60.4 Å². The van der Waals surface area contributed by atoms with E-state index in [4.69, 9.17) is 0 Å². The van der Waals surface area contributed by atoms with Gasteiger partial charge in [-0.2, -0.15) is 0 Å². The maximum absolute atomic E-state index is 2.53. The van der Waals surface area contributed by atoms with Gasteiger partial charge in [-0.25, -0.2) is 0 Å². The molecule has 1 aromatic heterocycles. The summed E-state index contributed by atoms with van der Waals surface area (Å²) in [5, 5.41) is 7.46. The van der Waals surface area contributed by atoms with Gasteiger partial charge in [0.1, 0.15) is 0 Å². The van der Waals surface area contributed by atoms with Gasteiger partial charge >= 0.3 is 0 Å². The largest absolute Gasteiger partial charge is 0.309 e. The molecule has 0 bridgehead atoms. The molecule has 0 N–H and O–H groups in total. The summed E-state index contributed by atoms with van der Waals surface area (Å²) in [4.78, 5) is 2.53. The van der Waals surface area contributed by atoms with Crippen molar-refractivity contribution in [3.63, 3.8) is 0 Å². The number of rotatable bonds is 5. The molecule has 10 aromatic rings. The van der Waals surface area contributed by atoms with Crippen LogP contribution in [0.3, 0.4) is 0 Å². The molecule has 2 heteroatoms. The fraction of sp³-hybridized carbons (Fsp3) is 0.0566. The van der Waals surface area contributed by atoms with E-state index in [1.165, 1.54) is 82.4 Å². The standard InChI is InChI=1S/C53H38N2/c1-53(2)46-25-11-10-22-43(46)44-24-13-28-49(51(44)53)54(39-32-29-37(30-33-39)41-23-12-17-35-15-6-8-20-40(35)41)47-26-14-27-48-50(47)45-34-31-36-16-7-9-21-42(36)52(45)55(48)38-18-4-3-5-19-38/h3-34H,1-2H3. The van der Waals surface area contributed by atoms with E-state index in [2.05, 4.69) is 217 Å². The molecule has 55 heavy (non-hydrogen) atoms. The van der Waals surface area contributed by atoms with Crippen LogP contribution in [-0.2, 0) is 5.41 Å². The summed E-state index contributed by atoms with van der Waals surface area (Å²) in [5.41, 5.74) is 14.6. The Hall–Kier alpha value is -6.90. The number of hydrogen-bond donors (Lipinski definition) is 0. The minimum atomic E-state index is -0.203. The molecule has 2 nitrogen and oxygen atoms in total. The van der Waals surface area contributed by atoms with Crippen molar-refractivity contribution in [1.82, 2.24) is 4.57 Å². The zero-order valence-electron chi connectivity index (χ0n) is 30.9. The Morgan fingerprint density at radius 2 is 1.05 bits per heavy atom. The molecule has 0 amide bonds. The maximum atomic E-state index is 2.53. The van der Waals surface area contributed by atoms with Crippen molar-refractivity contribution in [3.05, 3.63) is 205 Å². The van der Waals surface area contributed by atoms with Crippen LogP contribution in [0.15, 0.2) is 194 Å². The first-order valence-electron chi connectivity index (χ1n) is 19.2. The Morgan fingerprint density at radius 3 is 1.89 bits per heavy atom. The molecule has 0 saturated heterocycles. The highest BCUT2D eigenvalue weighted by Crippen LogP contribution is 2.55. The van der Waals surface area contributed by atoms with Crippen molar-refractivity contribution < 1.29 is 0 Å². The fourth-order valence-corrected chi connectivity index (χ4v) is 9.52. The van der Waals surface area contributed by atoms with E-state index in [0.29, 0.717) is 0 Å². The van der Waals surface area contributed by atoms with Crippen molar-refractivity contribution in [2.24, 2.45) is 0 Å². The van der Waals surface area contributed by atoms with E-state index in [9.17, 15) is 0 Å². The molecular weight excluding hydrogens is 665 g/mol. The molecule has 1 aliphatic carbocycles. The zero-order valence-corrected chi connectivity index (χ0v) is 30.9. The highest BCUT2D eigenvalue weighted by Gasteiger charge is 2.39. The highest BCUT2D eigenvalue weighted by atomic mass is 15.2. The number of hydrogen-bond acceptors (Lipinski definition) is 1. The lowest BCUT2D eigenvalue weighted by Gasteiger charge is -2.32. The third kappa shape index (κ3) is 4.68. The Bertz CT molecular complexity index is 3110. The second-order valence-corrected chi connectivity index (χ2v) is 15.3. The van der Waals surface area contributed by atoms with Crippen LogP contribution in [0.1, 0.15) is 25.0 Å². The van der Waals surface area contributed by atoms with E-state index in [1.54, 1.807) is 0 Å². The third-order valence-corrected chi connectivity index (χ3v) is 11.9. The highest BCUT2D eigenvalue weighted by molar-refractivity contribution is 6.23. The molecule has 0 aliphatic heterocycles. The lowest BCUT2D eigenvalue weighted by molar-refractivity contribution is 0.661. The van der Waals surface area contributed by atoms with Crippen molar-refractivity contribution in [2.75, 3.05) is 4.90 Å². The number of aromatic nitrogens is 1. The van der Waals surface area contributed by atoms with Gasteiger partial charge in [-0.3, -0.25) is 0 Å². The van der Waals surface area contributed by atoms with E-state index in [1.807, 2.05) is 0 Å². The van der Waals surface area contributed by atoms with Gasteiger partial charge < -0.3 is 9.47 Å². The summed E-state index contributed by atoms with van der Waals surface area (Å²) in [5.74, 6) is 0. The molecule has 1 heterocycles. The first-order chi connectivity index (χ1) is 27.1. The average Bonchev–Trinajstić information content (AvgIpc) is 3.71. The Labute approximate surface area is 321 Å². The van der Waals surface area contributed by atoms with Crippen LogP contribution in [0.2, 0.25) is 0 Å². The van der Waals surface area contributed by atoms with Crippen molar-refractivity contribution in [3.8, 4) is 27.9 Å². The topological polar surface area (TPSA) is 8.17 Å². The van der Waals surface area contributed by atoms with E-state index in [0.717, 1.165) is 17.1 Å². The summed E-state index contributed by atoms with van der Waals surface area (Å²) < 4.78 is 2.47. The Kier molecular flexibility index (Phi) is 6.93. The Morgan fingerprint density at radius 1 is 0.436 bits per heavy atom. The molecule has 0 saturated carbocycles. The van der Waals surface area contributed by atoms with E-state index < -0.39 is 0 Å². The SMILES string of the molecule is CC1(C)c2ccccc2-c2cccc(N(c3ccc(-c4cccc5ccccc45)cc3)c3cccc4c3c3ccc5ccccc5c3n4-c3ccccc3)c21. The van der Waals surface area contributed by atoms with Gasteiger partial charge in [0, 0.05) is 32.9 Å². The first kappa shape index (κ1) is 31.6. The van der Waals surface area contributed by atoms with Crippen LogP contribution >= 0.6 is 0 Å². The number of nitrogens with zero attached hydrogens (tertiary/aromatic N) is 2. The summed E-state index contributed by atoms with van der Waals surface area (Å²) in [6.07, 6.45) is 0. The summed E-state index contributed by atoms with van der Waals surface area (Å²) in [6.45, 7) is 4.77. The van der Waals surface area contributed by atoms with Gasteiger partial charge in [-0.05, 0) is 92.0 Å². The van der Waals surface area contributed by atoms with Crippen LogP contribution in [0, 0.1) is 0 Å². The van der Waals surface area contributed by atoms with E-state index >= 15 is 0 Å². The molecule has 0 fully saturated rings. The second kappa shape index (κ2) is 12.1. The summed E-state index contributed by atoms with van der Waals surface area (Å²) >= 11 is 0. The zero-order chi connectivity index (χ0) is 36.7. The predicted molar refractivity (Wildman–Crippen MR) is 233 cm³/mol. The van der Waals surface area contributed by atoms with Gasteiger partial charge in [-0.15, -0.1) is 0 Å². The molecular formula is C53H38N2. The maximum Gasteiger partial charge on any atom is 0.0620 e. The minimum Gasteiger partial charge on any atom is -0.309 e. The van der Waals surface area contributed by atoms with Gasteiger partial charge in [0.2, 0.25) is 0 Å². The fourth-order valence-electron chi connectivity index (χ4n) is 9.52. The quantitative estimate of drug-likeness (QED) is 0.173. The second-order valence-electron chi connectivity index (χ2n) is 15.3. The van der Waals surface area contributed by atoms with Crippen molar-refractivity contribution in [2.45, 2.75) is 19.3 Å². The number of fused-ring (bicyclic) bond motifs is 9. The summed E-state index contributed by atoms with van der Waals surface area (Å²) in [6, 6.07) is 71.4. The van der Waals surface area contributed by atoms with Gasteiger partial charge in [-0.1, -0.05) is 166 Å². The predicted octanol–water partition coefficient (Wildman–Crippen LogP) is 14.5. The average molecular weight is 703 g/mol. The van der Waals surface area contributed by atoms with Gasteiger partial charge in [0.15, 0.2) is 0 Å². The molecule has 260 valence electrons. The monoisotopic (exact) mass is 702 g/mol. The molecule has 11 rings (SSSR count). The smallest absolute Gasteiger partial charge is 0.0620 e. The van der Waals surface area contributed by atoms with Crippen LogP contribution in [0.25, 0.3) is 71.3 Å². The minimum absolute atomic E-state index is 0.203. The molecule has 0 radical (unpaired) electrons. The van der Waals surface area contributed by atoms with Crippen LogP contribution in [-0.4, -0.2) is 4.57 Å². The van der Waals surface area contributed by atoms with Gasteiger partial charge in [0.05, 0.1) is 22.4 Å². The third-order valence-electron chi connectivity index (χ3n) is 11.9. The lowest BCUT2D eigenvalue weighted by Crippen LogP contribution is -2.20. The van der Waals surface area contributed by atoms with Gasteiger partial charge in [0.25, 0.3) is 0 Å². The Balaban J connectivity index is 1.22. The molecule has 0 spiro atoms. The summed E-state index contributed by atoms with van der Waals surface area (Å²) in [7, 11) is 0. The van der Waals surface area contributed by atoms with Crippen molar-refractivity contribution in [1.29, 1.82) is 0 Å². The first-order valence-corrected chi connectivity index (χ1v) is 19.2. The molecule has 0 atom stereocenters. The van der Waals surface area contributed by atoms with Crippen LogP contribution in [0.5, 0.6) is 0 Å². The molecule has 0 unspecified atom stereocenters. The van der Waals surface area contributed by atoms with Crippen LogP contribution < -0.4 is 4.90 Å². The lowest BCUT2D eigenvalue weighted by atomic mass is 9.81. The van der Waals surface area contributed by atoms with Crippen LogP contribution in [0.4, 0.5) is 17.1 Å². The molecule has 1 aliphatic rings. The normalized spacial score (nSPS) is 13.1. The number of benzene rings is 9. The number of para-hydroxylation sites is 1.